The number of hydrogen-bond acceptors (Lipinski definition) is 5. The number of guanidine groups is 1. The van der Waals surface area contributed by atoms with E-state index >= 15 is 0 Å². The Labute approximate surface area is 148 Å². The second-order valence-electron chi connectivity index (χ2n) is 5.37. The van der Waals surface area contributed by atoms with Gasteiger partial charge in [0.1, 0.15) is 0 Å². The second kappa shape index (κ2) is 8.32. The van der Waals surface area contributed by atoms with Gasteiger partial charge >= 0.3 is 6.18 Å². The van der Waals surface area contributed by atoms with Gasteiger partial charge in [0.25, 0.3) is 0 Å². The van der Waals surface area contributed by atoms with Gasteiger partial charge in [-0.1, -0.05) is 0 Å². The number of thiazole rings is 1. The van der Waals surface area contributed by atoms with E-state index in [0.717, 1.165) is 16.7 Å². The topological polar surface area (TPSA) is 86.7 Å². The Morgan fingerprint density at radius 2 is 2.12 bits per heavy atom. The number of aromatic nitrogens is 1. The van der Waals surface area contributed by atoms with Crippen LogP contribution in [0.4, 0.5) is 13.2 Å². The summed E-state index contributed by atoms with van der Waals surface area (Å²) in [6.07, 6.45) is -3.44. The minimum Gasteiger partial charge on any atom is -0.356 e. The van der Waals surface area contributed by atoms with E-state index in [4.69, 9.17) is 0 Å². The summed E-state index contributed by atoms with van der Waals surface area (Å²) in [5, 5.41) is 7.34. The van der Waals surface area contributed by atoms with E-state index in [1.807, 2.05) is 0 Å². The van der Waals surface area contributed by atoms with Crippen molar-refractivity contribution in [2.45, 2.75) is 19.0 Å². The first-order chi connectivity index (χ1) is 11.7. The number of sulfonamides is 1. The van der Waals surface area contributed by atoms with Crippen LogP contribution in [-0.2, 0) is 22.6 Å². The van der Waals surface area contributed by atoms with Gasteiger partial charge in [-0.3, -0.25) is 4.99 Å². The normalized spacial score (nSPS) is 18.5. The number of alkyl halides is 3. The SMILES string of the molecule is CN=C(NCCc1nc(C(F)(F)F)cs1)NCCN1CCCS1(=O)=O. The molecule has 1 aromatic heterocycles. The molecule has 2 rings (SSSR count). The van der Waals surface area contributed by atoms with E-state index in [1.165, 1.54) is 4.31 Å². The largest absolute Gasteiger partial charge is 0.434 e. The Morgan fingerprint density at radius 1 is 1.40 bits per heavy atom. The van der Waals surface area contributed by atoms with E-state index in [9.17, 15) is 21.6 Å². The molecule has 1 aliphatic heterocycles. The fraction of sp³-hybridized carbons (Fsp3) is 0.692. The lowest BCUT2D eigenvalue weighted by Gasteiger charge is -2.16. The van der Waals surface area contributed by atoms with Crippen molar-refractivity contribution < 1.29 is 21.6 Å². The molecule has 0 aromatic carbocycles. The van der Waals surface area contributed by atoms with E-state index in [2.05, 4.69) is 20.6 Å². The quantitative estimate of drug-likeness (QED) is 0.548. The lowest BCUT2D eigenvalue weighted by Crippen LogP contribution is -2.42. The number of halogens is 3. The zero-order valence-corrected chi connectivity index (χ0v) is 15.3. The van der Waals surface area contributed by atoms with Gasteiger partial charge in [-0.15, -0.1) is 11.3 Å². The predicted molar refractivity (Wildman–Crippen MR) is 90.2 cm³/mol. The highest BCUT2D eigenvalue weighted by atomic mass is 32.2. The molecule has 7 nitrogen and oxygen atoms in total. The molecular formula is C13H20F3N5O2S2. The average molecular weight is 399 g/mol. The monoisotopic (exact) mass is 399 g/mol. The van der Waals surface area contributed by atoms with Crippen molar-refractivity contribution in [1.29, 1.82) is 0 Å². The number of aliphatic imine (C=N–C) groups is 1. The van der Waals surface area contributed by atoms with Gasteiger partial charge in [0.15, 0.2) is 11.7 Å². The molecule has 0 unspecified atom stereocenters. The van der Waals surface area contributed by atoms with Crippen LogP contribution >= 0.6 is 11.3 Å². The van der Waals surface area contributed by atoms with Crippen molar-refractivity contribution in [3.63, 3.8) is 0 Å². The van der Waals surface area contributed by atoms with Crippen LogP contribution in [0.3, 0.4) is 0 Å². The Balaban J connectivity index is 1.71. The van der Waals surface area contributed by atoms with Crippen LogP contribution in [0.25, 0.3) is 0 Å². The molecule has 0 saturated carbocycles. The highest BCUT2D eigenvalue weighted by Crippen LogP contribution is 2.29. The summed E-state index contributed by atoms with van der Waals surface area (Å²) in [4.78, 5) is 7.55. The number of rotatable bonds is 6. The molecule has 1 aliphatic rings. The van der Waals surface area contributed by atoms with Gasteiger partial charge in [-0.2, -0.15) is 13.2 Å². The molecule has 0 atom stereocenters. The van der Waals surface area contributed by atoms with Gasteiger partial charge in [0, 0.05) is 45.0 Å². The zero-order chi connectivity index (χ0) is 18.5. The number of nitrogens with one attached hydrogen (secondary N) is 2. The molecule has 25 heavy (non-hydrogen) atoms. The smallest absolute Gasteiger partial charge is 0.356 e. The minimum absolute atomic E-state index is 0.188. The fourth-order valence-corrected chi connectivity index (χ4v) is 4.64. The molecule has 142 valence electrons. The molecule has 0 radical (unpaired) electrons. The summed E-state index contributed by atoms with van der Waals surface area (Å²) in [5.41, 5.74) is -0.873. The summed E-state index contributed by atoms with van der Waals surface area (Å²) < 4.78 is 62.2. The maximum atomic E-state index is 12.5. The number of hydrogen-bond donors (Lipinski definition) is 2. The van der Waals surface area contributed by atoms with Crippen LogP contribution in [0.2, 0.25) is 0 Å². The summed E-state index contributed by atoms with van der Waals surface area (Å²) >= 11 is 0.965. The molecule has 0 amide bonds. The van der Waals surface area contributed by atoms with Crippen molar-refractivity contribution in [2.75, 3.05) is 39.0 Å². The molecule has 0 spiro atoms. The highest BCUT2D eigenvalue weighted by Gasteiger charge is 2.33. The van der Waals surface area contributed by atoms with Gasteiger partial charge < -0.3 is 10.6 Å². The van der Waals surface area contributed by atoms with Crippen LogP contribution in [0, 0.1) is 0 Å². The lowest BCUT2D eigenvalue weighted by molar-refractivity contribution is -0.140. The highest BCUT2D eigenvalue weighted by molar-refractivity contribution is 7.89. The van der Waals surface area contributed by atoms with E-state index < -0.39 is 21.9 Å². The molecule has 12 heteroatoms. The summed E-state index contributed by atoms with van der Waals surface area (Å²) in [5.74, 6) is 0.650. The maximum absolute atomic E-state index is 12.5. The van der Waals surface area contributed by atoms with Gasteiger partial charge in [-0.25, -0.2) is 17.7 Å². The Hall–Kier alpha value is -1.40. The molecule has 1 fully saturated rings. The van der Waals surface area contributed by atoms with Crippen LogP contribution in [0.1, 0.15) is 17.1 Å². The number of nitrogens with zero attached hydrogens (tertiary/aromatic N) is 3. The third-order valence-corrected chi connectivity index (χ3v) is 6.42. The molecule has 2 N–H and O–H groups in total. The third-order valence-electron chi connectivity index (χ3n) is 3.55. The fourth-order valence-electron chi connectivity index (χ4n) is 2.31. The molecular weight excluding hydrogens is 379 g/mol. The molecule has 1 aromatic rings. The molecule has 0 aliphatic carbocycles. The predicted octanol–water partition coefficient (Wildman–Crippen LogP) is 0.905. The molecule has 1 saturated heterocycles. The van der Waals surface area contributed by atoms with E-state index in [-0.39, 0.29) is 5.75 Å². The van der Waals surface area contributed by atoms with Crippen molar-refractivity contribution in [2.24, 2.45) is 4.99 Å². The second-order valence-corrected chi connectivity index (χ2v) is 8.40. The molecule has 2 heterocycles. The van der Waals surface area contributed by atoms with Crippen molar-refractivity contribution >= 4 is 27.3 Å². The van der Waals surface area contributed by atoms with E-state index in [1.54, 1.807) is 7.05 Å². The summed E-state index contributed by atoms with van der Waals surface area (Å²) in [6.45, 7) is 1.65. The first-order valence-corrected chi connectivity index (χ1v) is 10.1. The van der Waals surface area contributed by atoms with Gasteiger partial charge in [0.2, 0.25) is 10.0 Å². The Morgan fingerprint density at radius 3 is 2.68 bits per heavy atom. The Bertz CT molecular complexity index is 703. The van der Waals surface area contributed by atoms with Crippen LogP contribution in [0.5, 0.6) is 0 Å². The van der Waals surface area contributed by atoms with Crippen molar-refractivity contribution in [1.82, 2.24) is 19.9 Å². The first kappa shape index (κ1) is 19.9. The Kier molecular flexibility index (Phi) is 6.63. The van der Waals surface area contributed by atoms with Crippen LogP contribution < -0.4 is 10.6 Å². The summed E-state index contributed by atoms with van der Waals surface area (Å²) in [6, 6.07) is 0. The van der Waals surface area contributed by atoms with Crippen molar-refractivity contribution in [3.05, 3.63) is 16.1 Å². The van der Waals surface area contributed by atoms with Gasteiger partial charge in [0.05, 0.1) is 10.8 Å². The first-order valence-electron chi connectivity index (χ1n) is 7.66. The zero-order valence-electron chi connectivity index (χ0n) is 13.6. The van der Waals surface area contributed by atoms with E-state index in [0.29, 0.717) is 50.0 Å². The maximum Gasteiger partial charge on any atom is 0.434 e. The average Bonchev–Trinajstić information content (AvgIpc) is 3.12. The molecule has 0 bridgehead atoms. The minimum atomic E-state index is -4.42. The van der Waals surface area contributed by atoms with Crippen LogP contribution in [-0.4, -0.2) is 62.6 Å². The summed E-state index contributed by atoms with van der Waals surface area (Å²) in [7, 11) is -1.56. The van der Waals surface area contributed by atoms with Crippen molar-refractivity contribution in [3.8, 4) is 0 Å². The van der Waals surface area contributed by atoms with Gasteiger partial charge in [-0.05, 0) is 6.42 Å². The lowest BCUT2D eigenvalue weighted by atomic mass is 10.4. The standard InChI is InChI=1S/C13H20F3N5O2S2/c1-17-12(19-5-7-21-6-2-8-25(21,22)23)18-4-3-11-20-10(9-24-11)13(14,15)16/h9H,2-8H2,1H3,(H2,17,18,19). The van der Waals surface area contributed by atoms with Crippen LogP contribution in [0.15, 0.2) is 10.4 Å². The third kappa shape index (κ3) is 5.82.